The molecular formula is C96H78BN5. The third-order valence-corrected chi connectivity index (χ3v) is 20.9. The summed E-state index contributed by atoms with van der Waals surface area (Å²) in [6.07, 6.45) is 0. The highest BCUT2D eigenvalue weighted by Crippen LogP contribution is 2.54. The van der Waals surface area contributed by atoms with Gasteiger partial charge in [-0.05, 0) is 174 Å². The van der Waals surface area contributed by atoms with Crippen molar-refractivity contribution in [2.45, 2.75) is 78.6 Å². The normalized spacial score (nSPS) is 15.6. The molecule has 5 nitrogen and oxygen atoms in total. The van der Waals surface area contributed by atoms with E-state index in [2.05, 4.69) is 154 Å². The predicted molar refractivity (Wildman–Crippen MR) is 436 cm³/mol. The van der Waals surface area contributed by atoms with Crippen LogP contribution in [-0.4, -0.2) is 20.8 Å². The minimum atomic E-state index is -0.895. The van der Waals surface area contributed by atoms with E-state index in [1.807, 2.05) is 109 Å². The topological polar surface area (TPSA) is 32.1 Å². The van der Waals surface area contributed by atoms with Gasteiger partial charge < -0.3 is 23.9 Å². The van der Waals surface area contributed by atoms with Crippen molar-refractivity contribution in [2.24, 2.45) is 0 Å². The number of nitrogens with one attached hydrogen (secondary N) is 1. The van der Waals surface area contributed by atoms with E-state index in [4.69, 9.17) is 8.22 Å². The van der Waals surface area contributed by atoms with Crippen molar-refractivity contribution in [1.29, 1.82) is 0 Å². The lowest BCUT2D eigenvalue weighted by Gasteiger charge is -2.45. The van der Waals surface area contributed by atoms with Gasteiger partial charge in [-0.1, -0.05) is 274 Å². The molecule has 14 aromatic carbocycles. The van der Waals surface area contributed by atoms with E-state index in [0.717, 1.165) is 71.6 Å². The Balaban J connectivity index is 1.00. The molecule has 102 heavy (non-hydrogen) atoms. The standard InChI is InChI=1S/C96H78BN5/c1-94(2,3)66-45-50-82-76(55-66)77-56-67(95(4,5)6)46-51-83(77)100(82)84-42-26-38-72-73-39-27-43-85(92(73)98-91(72)84)101-86-52-64(60-28-14-10-15-29-60)44-48-78(86)97-79-49-47-69(99-80-40-24-22-36-70(80)71-37-23-25-41-81(71)99)59-87(79)102(89-54-65(53-88(101)90(89)97)61-30-16-11-17-31-61)93-74(62-32-18-12-19-33-62)57-68(96(7,8)9)58-75(93)63-34-20-13-21-35-63/h10-59,98H,1-9H3/i10D,11D,14D,15D,16D,17D,22D,23D,24D,25D,28D,29D,30D,31D,36D,37D,40D,41D. The Morgan fingerprint density at radius 1 is 0.304 bits per heavy atom. The molecule has 0 aliphatic carbocycles. The molecule has 0 fully saturated rings. The number of hydrogen-bond donors (Lipinski definition) is 1. The van der Waals surface area contributed by atoms with E-state index < -0.39 is 121 Å². The Morgan fingerprint density at radius 2 is 0.775 bits per heavy atom. The number of aromatic amines is 1. The molecule has 0 bridgehead atoms. The Morgan fingerprint density at radius 3 is 1.32 bits per heavy atom. The lowest BCUT2D eigenvalue weighted by molar-refractivity contribution is 0.590. The second-order valence-corrected chi connectivity index (χ2v) is 30.1. The number of rotatable bonds is 8. The van der Waals surface area contributed by atoms with Crippen LogP contribution >= 0.6 is 0 Å². The fourth-order valence-electron chi connectivity index (χ4n) is 15.9. The number of aromatic nitrogens is 3. The average molecular weight is 1330 g/mol. The van der Waals surface area contributed by atoms with Crippen molar-refractivity contribution in [3.05, 3.63) is 320 Å². The van der Waals surface area contributed by atoms with Gasteiger partial charge in [0.2, 0.25) is 0 Å². The molecular weight excluding hydrogens is 1230 g/mol. The molecule has 2 aliphatic heterocycles. The maximum absolute atomic E-state index is 10.0. The molecule has 5 heterocycles. The van der Waals surface area contributed by atoms with Crippen LogP contribution in [0.4, 0.5) is 34.1 Å². The molecule has 0 saturated carbocycles. The first kappa shape index (κ1) is 45.0. The maximum atomic E-state index is 10.0. The number of para-hydroxylation sites is 4. The van der Waals surface area contributed by atoms with Gasteiger partial charge in [-0.2, -0.15) is 0 Å². The number of fused-ring (bicyclic) bond motifs is 13. The van der Waals surface area contributed by atoms with Crippen LogP contribution in [0.15, 0.2) is 303 Å². The van der Waals surface area contributed by atoms with Crippen molar-refractivity contribution in [3.63, 3.8) is 0 Å². The Kier molecular flexibility index (Phi) is 10.1. The van der Waals surface area contributed by atoms with Crippen molar-refractivity contribution >= 4 is 123 Å². The van der Waals surface area contributed by atoms with Gasteiger partial charge in [0.25, 0.3) is 6.71 Å². The Labute approximate surface area is 622 Å². The van der Waals surface area contributed by atoms with Crippen LogP contribution in [-0.2, 0) is 16.2 Å². The second-order valence-electron chi connectivity index (χ2n) is 30.1. The van der Waals surface area contributed by atoms with Crippen LogP contribution in [0.5, 0.6) is 0 Å². The van der Waals surface area contributed by atoms with Crippen LogP contribution in [0.25, 0.3) is 121 Å². The highest BCUT2D eigenvalue weighted by Gasteiger charge is 2.46. The monoisotopic (exact) mass is 1330 g/mol. The molecule has 0 spiro atoms. The zero-order chi connectivity index (χ0) is 84.7. The van der Waals surface area contributed by atoms with Crippen LogP contribution in [0, 0.1) is 0 Å². The summed E-state index contributed by atoms with van der Waals surface area (Å²) in [6.45, 7) is 18.9. The van der Waals surface area contributed by atoms with E-state index in [0.29, 0.717) is 56.0 Å². The zero-order valence-corrected chi connectivity index (χ0v) is 57.8. The molecule has 17 aromatic rings. The fraction of sp³-hybridized carbons (Fsp3) is 0.125. The molecule has 2 aliphatic rings. The van der Waals surface area contributed by atoms with Gasteiger partial charge in [-0.25, -0.2) is 0 Å². The number of nitrogens with zero attached hydrogens (tertiary/aromatic N) is 4. The Hall–Kier alpha value is -11.9. The van der Waals surface area contributed by atoms with Gasteiger partial charge in [0.05, 0.1) is 74.8 Å². The number of anilines is 6. The van der Waals surface area contributed by atoms with E-state index in [9.17, 15) is 16.4 Å². The van der Waals surface area contributed by atoms with Crippen LogP contribution < -0.4 is 26.2 Å². The molecule has 0 atom stereocenters. The average Bonchev–Trinajstić information content (AvgIpc) is 1.64. The molecule has 0 amide bonds. The highest BCUT2D eigenvalue weighted by atomic mass is 15.2. The minimum absolute atomic E-state index is 0.0745. The maximum Gasteiger partial charge on any atom is 0.252 e. The van der Waals surface area contributed by atoms with Crippen LogP contribution in [0.1, 0.15) is 104 Å². The molecule has 19 rings (SSSR count). The third kappa shape index (κ3) is 9.59. The first-order valence-electron chi connectivity index (χ1n) is 43.6. The van der Waals surface area contributed by atoms with Gasteiger partial charge >= 0.3 is 0 Å². The minimum Gasteiger partial charge on any atom is -0.351 e. The van der Waals surface area contributed by atoms with Gasteiger partial charge in [0.1, 0.15) is 0 Å². The SMILES string of the molecule is [2H]c1c([2H])c([2H])c(-c2ccc3c(c2)N(c2cccc4c2[nH]c2c(-n5c6ccc(C(C)(C)C)cc6c6cc(C(C)(C)C)ccc65)cccc24)c2cc(-c4c([2H])c([2H])c([2H])c([2H])c4[2H])cc4c2B3c2ccc(-n3c5c([2H])c([2H])c([2H])c([2H])c5c5c([2H])c([2H])c([2H])c([2H])c53)cc2N4c2c(-c3ccccc3)cc(C(C)(C)C)cc2-c2ccccc2)c([2H])c1[2H]. The number of benzene rings is 14. The Bertz CT molecular complexity index is 7150. The summed E-state index contributed by atoms with van der Waals surface area (Å²) < 4.78 is 173. The molecule has 0 unspecified atom stereocenters. The lowest BCUT2D eigenvalue weighted by atomic mass is 9.33. The van der Waals surface area contributed by atoms with Crippen molar-refractivity contribution in [3.8, 4) is 55.9 Å². The molecule has 1 N–H and O–H groups in total. The summed E-state index contributed by atoms with van der Waals surface area (Å²) in [7, 11) is 0. The van der Waals surface area contributed by atoms with E-state index >= 15 is 0 Å². The van der Waals surface area contributed by atoms with Crippen molar-refractivity contribution in [2.75, 3.05) is 9.80 Å². The summed E-state index contributed by atoms with van der Waals surface area (Å²) >= 11 is 0. The zero-order valence-electron chi connectivity index (χ0n) is 75.8. The van der Waals surface area contributed by atoms with E-state index in [1.54, 1.807) is 12.1 Å². The van der Waals surface area contributed by atoms with Gasteiger partial charge in [0, 0.05) is 71.9 Å². The molecule has 3 aromatic heterocycles. The molecule has 0 saturated heterocycles. The second kappa shape index (κ2) is 22.8. The number of H-pyrrole nitrogens is 1. The molecule has 6 heteroatoms. The fourth-order valence-corrected chi connectivity index (χ4v) is 15.9. The first-order chi connectivity index (χ1) is 57.0. The van der Waals surface area contributed by atoms with Crippen molar-refractivity contribution < 1.29 is 24.7 Å². The predicted octanol–water partition coefficient (Wildman–Crippen LogP) is 24.2. The lowest BCUT2D eigenvalue weighted by Crippen LogP contribution is -2.61. The summed E-state index contributed by atoms with van der Waals surface area (Å²) in [5.74, 6) is 0. The third-order valence-electron chi connectivity index (χ3n) is 20.9. The summed E-state index contributed by atoms with van der Waals surface area (Å²) in [4.78, 5) is 8.26. The molecule has 490 valence electrons. The smallest absolute Gasteiger partial charge is 0.252 e. The van der Waals surface area contributed by atoms with E-state index in [-0.39, 0.29) is 60.6 Å². The van der Waals surface area contributed by atoms with Crippen LogP contribution in [0.3, 0.4) is 0 Å². The first-order valence-corrected chi connectivity index (χ1v) is 34.6. The quantitative estimate of drug-likeness (QED) is 0.154. The van der Waals surface area contributed by atoms with Gasteiger partial charge in [0.15, 0.2) is 0 Å². The summed E-state index contributed by atoms with van der Waals surface area (Å²) in [5.41, 5.74) is 15.0. The summed E-state index contributed by atoms with van der Waals surface area (Å²) in [5, 5.41) is 3.63. The largest absolute Gasteiger partial charge is 0.351 e. The van der Waals surface area contributed by atoms with Crippen molar-refractivity contribution in [1.82, 2.24) is 14.1 Å². The molecule has 0 radical (unpaired) electrons. The summed E-state index contributed by atoms with van der Waals surface area (Å²) in [6, 6.07) is 55.0. The number of hydrogen-bond acceptors (Lipinski definition) is 2. The van der Waals surface area contributed by atoms with Gasteiger partial charge in [-0.15, -0.1) is 0 Å². The highest BCUT2D eigenvalue weighted by molar-refractivity contribution is 7.00. The van der Waals surface area contributed by atoms with Gasteiger partial charge in [-0.3, -0.25) is 0 Å². The van der Waals surface area contributed by atoms with E-state index in [1.165, 1.54) is 15.7 Å². The van der Waals surface area contributed by atoms with Crippen LogP contribution in [0.2, 0.25) is 0 Å².